The molecule has 2 aromatic carbocycles. The second-order valence-electron chi connectivity index (χ2n) is 6.58. The summed E-state index contributed by atoms with van der Waals surface area (Å²) < 4.78 is 15.3. The molecule has 0 amide bonds. The van der Waals surface area contributed by atoms with Crippen LogP contribution in [0.4, 0.5) is 10.2 Å². The predicted octanol–water partition coefficient (Wildman–Crippen LogP) is 5.04. The number of phenolic OH excluding ortho intramolecular Hbond substituents is 1. The van der Waals surface area contributed by atoms with Crippen LogP contribution in [0, 0.1) is 5.82 Å². The third-order valence-electron chi connectivity index (χ3n) is 4.80. The van der Waals surface area contributed by atoms with E-state index in [0.717, 1.165) is 40.3 Å². The van der Waals surface area contributed by atoms with Crippen LogP contribution in [0.1, 0.15) is 37.6 Å². The molecule has 0 spiro atoms. The Morgan fingerprint density at radius 2 is 1.88 bits per heavy atom. The van der Waals surface area contributed by atoms with Crippen molar-refractivity contribution < 1.29 is 9.50 Å². The van der Waals surface area contributed by atoms with Crippen molar-refractivity contribution in [2.75, 3.05) is 0 Å². The summed E-state index contributed by atoms with van der Waals surface area (Å²) in [4.78, 5) is 4.76. The normalized spacial score (nSPS) is 16.3. The molecule has 4 rings (SSSR count). The Hall–Kier alpha value is -2.95. The van der Waals surface area contributed by atoms with Gasteiger partial charge in [0.2, 0.25) is 0 Å². The number of aromatic nitrogens is 2. The van der Waals surface area contributed by atoms with E-state index in [1.54, 1.807) is 18.2 Å². The van der Waals surface area contributed by atoms with Gasteiger partial charge in [0.25, 0.3) is 0 Å². The number of para-hydroxylation sites is 1. The van der Waals surface area contributed by atoms with Crippen LogP contribution in [0.5, 0.6) is 5.75 Å². The van der Waals surface area contributed by atoms with Gasteiger partial charge in [-0.05, 0) is 37.1 Å². The zero-order valence-corrected chi connectivity index (χ0v) is 14.8. The first-order valence-corrected chi connectivity index (χ1v) is 8.78. The summed E-state index contributed by atoms with van der Waals surface area (Å²) in [6, 6.07) is 13.7. The molecule has 1 N–H and O–H groups in total. The van der Waals surface area contributed by atoms with E-state index in [2.05, 4.69) is 0 Å². The fourth-order valence-corrected chi connectivity index (χ4v) is 3.56. The molecule has 2 heterocycles. The number of aliphatic imine (C=N–C) groups is 1. The summed E-state index contributed by atoms with van der Waals surface area (Å²) in [5, 5.41) is 15.1. The third kappa shape index (κ3) is 2.69. The maximum atomic E-state index is 13.4. The van der Waals surface area contributed by atoms with E-state index >= 15 is 0 Å². The average molecular weight is 349 g/mol. The topological polar surface area (TPSA) is 50.4 Å². The average Bonchev–Trinajstić information content (AvgIpc) is 3.00. The van der Waals surface area contributed by atoms with Crippen LogP contribution in [0.2, 0.25) is 0 Å². The largest absolute Gasteiger partial charge is 0.508 e. The van der Waals surface area contributed by atoms with E-state index in [4.69, 9.17) is 10.1 Å². The lowest BCUT2D eigenvalue weighted by atomic mass is 9.98. The highest BCUT2D eigenvalue weighted by Crippen LogP contribution is 2.42. The van der Waals surface area contributed by atoms with Gasteiger partial charge in [0.1, 0.15) is 11.6 Å². The minimum atomic E-state index is -0.264. The molecule has 0 radical (unpaired) electrons. The lowest BCUT2D eigenvalue weighted by Crippen LogP contribution is -2.19. The van der Waals surface area contributed by atoms with Crippen molar-refractivity contribution in [1.82, 2.24) is 9.78 Å². The molecule has 1 aliphatic heterocycles. The zero-order valence-electron chi connectivity index (χ0n) is 14.8. The van der Waals surface area contributed by atoms with Crippen LogP contribution in [0.3, 0.4) is 0 Å². The van der Waals surface area contributed by atoms with Crippen molar-refractivity contribution in [3.8, 4) is 16.9 Å². The second kappa shape index (κ2) is 6.41. The van der Waals surface area contributed by atoms with Gasteiger partial charge in [-0.25, -0.2) is 14.1 Å². The predicted molar refractivity (Wildman–Crippen MR) is 101 cm³/mol. The van der Waals surface area contributed by atoms with Crippen LogP contribution in [0.25, 0.3) is 11.1 Å². The number of aromatic hydroxyl groups is 1. The highest BCUT2D eigenvalue weighted by Gasteiger charge is 2.29. The summed E-state index contributed by atoms with van der Waals surface area (Å²) in [5.41, 5.74) is 4.58. The number of phenols is 1. The molecule has 0 aliphatic carbocycles. The van der Waals surface area contributed by atoms with Crippen molar-refractivity contribution in [2.24, 2.45) is 4.99 Å². The quantitative estimate of drug-likeness (QED) is 0.720. The van der Waals surface area contributed by atoms with Gasteiger partial charge in [0.05, 0.1) is 11.7 Å². The monoisotopic (exact) mass is 349 g/mol. The Bertz CT molecular complexity index is 989. The van der Waals surface area contributed by atoms with Crippen LogP contribution in [0.15, 0.2) is 53.5 Å². The number of hydrogen-bond donors (Lipinski definition) is 1. The molecular weight excluding hydrogens is 329 g/mol. The molecule has 0 saturated carbocycles. The summed E-state index contributed by atoms with van der Waals surface area (Å²) >= 11 is 0. The molecule has 132 valence electrons. The van der Waals surface area contributed by atoms with Gasteiger partial charge in [0, 0.05) is 23.3 Å². The Kier molecular flexibility index (Phi) is 4.07. The lowest BCUT2D eigenvalue weighted by molar-refractivity contribution is 0.443. The fourth-order valence-electron chi connectivity index (χ4n) is 3.56. The highest BCUT2D eigenvalue weighted by molar-refractivity contribution is 5.90. The summed E-state index contributed by atoms with van der Waals surface area (Å²) in [6.07, 6.45) is 1.44. The van der Waals surface area contributed by atoms with Crippen molar-refractivity contribution in [3.05, 3.63) is 65.6 Å². The molecule has 1 aliphatic rings. The Balaban J connectivity index is 1.93. The molecule has 4 nitrogen and oxygen atoms in total. The molecule has 0 fully saturated rings. The first kappa shape index (κ1) is 16.5. The van der Waals surface area contributed by atoms with Crippen molar-refractivity contribution in [2.45, 2.75) is 32.7 Å². The lowest BCUT2D eigenvalue weighted by Gasteiger charge is -2.24. The van der Waals surface area contributed by atoms with E-state index in [1.165, 1.54) is 12.1 Å². The minimum absolute atomic E-state index is 0.108. The van der Waals surface area contributed by atoms with Gasteiger partial charge in [-0.1, -0.05) is 37.3 Å². The third-order valence-corrected chi connectivity index (χ3v) is 4.80. The molecule has 0 unspecified atom stereocenters. The molecule has 0 saturated heterocycles. The summed E-state index contributed by atoms with van der Waals surface area (Å²) in [5.74, 6) is 0.764. The standard InChI is InChI=1S/C21H20FN3O/c1-3-17-20(14-8-10-15(22)11-9-14)21-23-13(2)12-18(25(21)24-17)16-6-4-5-7-19(16)26/h4-11,18,26H,3,12H2,1-2H3/t18-/m1/s1. The summed E-state index contributed by atoms with van der Waals surface area (Å²) in [6.45, 7) is 4.04. The van der Waals surface area contributed by atoms with E-state index in [0.29, 0.717) is 6.42 Å². The van der Waals surface area contributed by atoms with Gasteiger partial charge in [0.15, 0.2) is 5.82 Å². The van der Waals surface area contributed by atoms with Crippen LogP contribution >= 0.6 is 0 Å². The Labute approximate surface area is 151 Å². The zero-order chi connectivity index (χ0) is 18.3. The van der Waals surface area contributed by atoms with Crippen molar-refractivity contribution >= 4 is 11.5 Å². The Morgan fingerprint density at radius 3 is 2.58 bits per heavy atom. The van der Waals surface area contributed by atoms with Crippen molar-refractivity contribution in [3.63, 3.8) is 0 Å². The maximum Gasteiger partial charge on any atom is 0.159 e. The van der Waals surface area contributed by atoms with Crippen LogP contribution < -0.4 is 0 Å². The number of benzene rings is 2. The number of nitrogens with zero attached hydrogens (tertiary/aromatic N) is 3. The van der Waals surface area contributed by atoms with E-state index in [1.807, 2.05) is 36.7 Å². The van der Waals surface area contributed by atoms with E-state index in [-0.39, 0.29) is 17.6 Å². The second-order valence-corrected chi connectivity index (χ2v) is 6.58. The van der Waals surface area contributed by atoms with Gasteiger partial charge in [-0.3, -0.25) is 0 Å². The van der Waals surface area contributed by atoms with E-state index in [9.17, 15) is 9.50 Å². The first-order chi connectivity index (χ1) is 12.6. The molecule has 0 bridgehead atoms. The molecule has 1 atom stereocenters. The molecule has 26 heavy (non-hydrogen) atoms. The van der Waals surface area contributed by atoms with Gasteiger partial charge < -0.3 is 5.11 Å². The van der Waals surface area contributed by atoms with Gasteiger partial charge >= 0.3 is 0 Å². The smallest absolute Gasteiger partial charge is 0.159 e. The number of rotatable bonds is 3. The summed E-state index contributed by atoms with van der Waals surface area (Å²) in [7, 11) is 0. The SMILES string of the molecule is CCc1nn2c(c1-c1ccc(F)cc1)N=C(C)C[C@@H]2c1ccccc1O. The number of halogens is 1. The molecule has 5 heteroatoms. The molecule has 3 aromatic rings. The number of fused-ring (bicyclic) bond motifs is 1. The van der Waals surface area contributed by atoms with E-state index < -0.39 is 0 Å². The van der Waals surface area contributed by atoms with Crippen molar-refractivity contribution in [1.29, 1.82) is 0 Å². The molecular formula is C21H20FN3O. The first-order valence-electron chi connectivity index (χ1n) is 8.78. The molecule has 1 aromatic heterocycles. The number of hydrogen-bond acceptors (Lipinski definition) is 3. The minimum Gasteiger partial charge on any atom is -0.508 e. The van der Waals surface area contributed by atoms with Gasteiger partial charge in [-0.15, -0.1) is 0 Å². The maximum absolute atomic E-state index is 13.4. The fraction of sp³-hybridized carbons (Fsp3) is 0.238. The van der Waals surface area contributed by atoms with Gasteiger partial charge in [-0.2, -0.15) is 5.10 Å². The Morgan fingerprint density at radius 1 is 1.15 bits per heavy atom. The van der Waals surface area contributed by atoms with Crippen LogP contribution in [-0.2, 0) is 6.42 Å². The number of aryl methyl sites for hydroxylation is 1. The highest BCUT2D eigenvalue weighted by atomic mass is 19.1. The van der Waals surface area contributed by atoms with Crippen LogP contribution in [-0.4, -0.2) is 20.6 Å².